The fourth-order valence-corrected chi connectivity index (χ4v) is 13.9. The van der Waals surface area contributed by atoms with Crippen molar-refractivity contribution in [1.82, 2.24) is 68.3 Å². The first-order valence-corrected chi connectivity index (χ1v) is 37.2. The summed E-state index contributed by atoms with van der Waals surface area (Å²) in [4.78, 5) is 217. The van der Waals surface area contributed by atoms with E-state index in [-0.39, 0.29) is 96.3 Å². The van der Waals surface area contributed by atoms with Crippen LogP contribution < -0.4 is 81.4 Å². The minimum absolute atomic E-state index is 0.0103. The molecular formula is C65H104N18O19S2. The second-order valence-electron chi connectivity index (χ2n) is 25.9. The summed E-state index contributed by atoms with van der Waals surface area (Å²) < 4.78 is 0. The lowest BCUT2D eigenvalue weighted by Crippen LogP contribution is -2.62. The van der Waals surface area contributed by atoms with Gasteiger partial charge in [0.05, 0.1) is 25.7 Å². The molecule has 0 radical (unpaired) electrons. The smallest absolute Gasteiger partial charge is 0.326 e. The normalized spacial score (nSPS) is 24.8. The van der Waals surface area contributed by atoms with E-state index in [4.69, 9.17) is 22.9 Å². The number of aliphatic imine (C=N–C) groups is 1. The number of nitrogens with one attached hydrogen (secondary N) is 11. The monoisotopic (exact) mass is 1500 g/mol. The van der Waals surface area contributed by atoms with Crippen LogP contribution in [0.3, 0.4) is 0 Å². The lowest BCUT2D eigenvalue weighted by Gasteiger charge is -2.32. The van der Waals surface area contributed by atoms with E-state index in [0.717, 1.165) is 33.4 Å². The van der Waals surface area contributed by atoms with Gasteiger partial charge in [0.1, 0.15) is 78.5 Å². The third-order valence-electron chi connectivity index (χ3n) is 17.9. The molecule has 0 aliphatic carbocycles. The zero-order valence-corrected chi connectivity index (χ0v) is 61.0. The number of aliphatic hydroxyl groups excluding tert-OH is 2. The number of amides is 13. The number of hydrogen-bond donors (Lipinski definition) is 19. The van der Waals surface area contributed by atoms with Crippen LogP contribution in [0.2, 0.25) is 0 Å². The number of carboxylic acid groups (broad SMARTS) is 2. The average Bonchev–Trinajstić information content (AvgIpc) is 1.68. The molecule has 37 nitrogen and oxygen atoms in total. The Balaban J connectivity index is 1.92. The number of fused-ring (bicyclic) bond motifs is 1. The third-order valence-corrected chi connectivity index (χ3v) is 20.4. The zero-order valence-electron chi connectivity index (χ0n) is 59.4. The summed E-state index contributed by atoms with van der Waals surface area (Å²) in [5.41, 5.74) is 22.9. The molecule has 39 heteroatoms. The maximum Gasteiger partial charge on any atom is 0.326 e. The summed E-state index contributed by atoms with van der Waals surface area (Å²) in [5, 5.41) is 68.8. The number of rotatable bonds is 28. The van der Waals surface area contributed by atoms with Gasteiger partial charge in [0.2, 0.25) is 76.8 Å². The molecule has 3 aliphatic rings. The van der Waals surface area contributed by atoms with Gasteiger partial charge < -0.3 is 112 Å². The van der Waals surface area contributed by atoms with Crippen molar-refractivity contribution in [3.63, 3.8) is 0 Å². The van der Waals surface area contributed by atoms with Crippen LogP contribution in [-0.4, -0.2) is 260 Å². The number of nitrogens with zero attached hydrogens (tertiary/aromatic N) is 3. The van der Waals surface area contributed by atoms with E-state index in [1.54, 1.807) is 58.0 Å². The number of guanidine groups is 1. The van der Waals surface area contributed by atoms with Crippen LogP contribution in [0.5, 0.6) is 0 Å². The van der Waals surface area contributed by atoms with Crippen LogP contribution >= 0.6 is 21.6 Å². The van der Waals surface area contributed by atoms with Crippen LogP contribution in [0.25, 0.3) is 0 Å². The van der Waals surface area contributed by atoms with Gasteiger partial charge in [0.25, 0.3) is 0 Å². The molecule has 0 aromatic heterocycles. The number of carbonyl (C=O) groups excluding carboxylic acids is 13. The number of unbranched alkanes of at least 4 members (excludes halogenated alkanes) is 1. The standard InChI is InChI=1S/C65H104N18O19S2/c1-7-33(3)49-59(96)71-35(5)62(99)82-25-15-22-46(82)58(95)80-50(34(4)8-2)60(97)78-43(55(92)74-40(27-37-17-10-9-11-18-37)63(100)83-26-16-21-45(83)57(94)75-41(64(101)102)28-48(87)88)31-103-104-32-44(77-52(89)38(72-47(86)29-67)20-14-24-70-65(68)69)56(93)81-51(36(6)85)61(98)73-39(19-12-13-23-66)53(90)76-42(30-84)54(91)79-49/h9-11,17-18,33-36,38-46,49-51,84-85H,7-8,12-16,19-32,66-67H2,1-6H3,(H,71,96)(H,72,86)(H,73,98)(H,74,92)(H,75,94)(H,76,90)(H,77,89)(H,78,97)(H,79,91)(H,80,95)(H,81,93)(H,87,88)(H,101,102)(H4,68,69,70)/t33-,34-,35-,36+,38-,39-,40-,41-,42-,43-,44-,45-,46-,49-,50-,51-/m0/s1. The van der Waals surface area contributed by atoms with Crippen molar-refractivity contribution in [3.05, 3.63) is 35.9 Å². The maximum atomic E-state index is 15.2. The molecule has 104 heavy (non-hydrogen) atoms. The molecule has 0 bridgehead atoms. The number of carboxylic acids is 2. The van der Waals surface area contributed by atoms with Gasteiger partial charge in [-0.3, -0.25) is 72.1 Å². The van der Waals surface area contributed by atoms with Crippen molar-refractivity contribution in [2.75, 3.05) is 50.8 Å². The van der Waals surface area contributed by atoms with Crippen molar-refractivity contribution in [1.29, 1.82) is 0 Å². The fourth-order valence-electron chi connectivity index (χ4n) is 11.6. The highest BCUT2D eigenvalue weighted by atomic mass is 33.1. The number of carbonyl (C=O) groups is 15. The molecule has 1 aromatic carbocycles. The van der Waals surface area contributed by atoms with E-state index < -0.39 is 216 Å². The number of benzene rings is 1. The summed E-state index contributed by atoms with van der Waals surface area (Å²) in [6.45, 7) is 7.65. The molecule has 4 rings (SSSR count). The topological polar surface area (TPSA) is 592 Å². The van der Waals surface area contributed by atoms with E-state index in [1.807, 2.05) is 0 Å². The van der Waals surface area contributed by atoms with Crippen LogP contribution in [0, 0.1) is 11.8 Å². The first-order chi connectivity index (χ1) is 49.3. The van der Waals surface area contributed by atoms with Gasteiger partial charge in [-0.15, -0.1) is 0 Å². The molecule has 3 fully saturated rings. The van der Waals surface area contributed by atoms with Crippen molar-refractivity contribution in [2.45, 2.75) is 210 Å². The molecule has 1 aromatic rings. The number of likely N-dealkylation sites (tertiary alicyclic amines) is 1. The predicted molar refractivity (Wildman–Crippen MR) is 381 cm³/mol. The quantitative estimate of drug-likeness (QED) is 0.0161. The Labute approximate surface area is 610 Å². The maximum absolute atomic E-state index is 15.2. The van der Waals surface area contributed by atoms with Crippen LogP contribution in [0.4, 0.5) is 0 Å². The van der Waals surface area contributed by atoms with E-state index >= 15 is 9.59 Å². The Hall–Kier alpha value is -8.92. The Bertz CT molecular complexity index is 3190. The van der Waals surface area contributed by atoms with Gasteiger partial charge in [-0.25, -0.2) is 4.79 Å². The summed E-state index contributed by atoms with van der Waals surface area (Å²) >= 11 is 0. The number of hydrogen-bond acceptors (Lipinski definition) is 22. The summed E-state index contributed by atoms with van der Waals surface area (Å²) in [5.74, 6) is -18.0. The second kappa shape index (κ2) is 44.0. The van der Waals surface area contributed by atoms with Crippen molar-refractivity contribution < 1.29 is 92.3 Å². The third kappa shape index (κ3) is 27.3. The van der Waals surface area contributed by atoms with E-state index in [2.05, 4.69) is 63.5 Å². The van der Waals surface area contributed by atoms with Gasteiger partial charge in [0.15, 0.2) is 5.96 Å². The molecule has 16 atom stereocenters. The van der Waals surface area contributed by atoms with Gasteiger partial charge >= 0.3 is 11.9 Å². The highest BCUT2D eigenvalue weighted by Crippen LogP contribution is 2.26. The van der Waals surface area contributed by atoms with E-state index in [9.17, 15) is 82.8 Å². The molecular weight excluding hydrogens is 1400 g/mol. The van der Waals surface area contributed by atoms with Crippen LogP contribution in [-0.2, 0) is 78.3 Å². The van der Waals surface area contributed by atoms with Gasteiger partial charge in [-0.05, 0) is 95.6 Å². The lowest BCUT2D eigenvalue weighted by atomic mass is 9.97. The Morgan fingerprint density at radius 1 is 0.663 bits per heavy atom. The van der Waals surface area contributed by atoms with Gasteiger partial charge in [0, 0.05) is 37.6 Å². The molecule has 0 unspecified atom stereocenters. The zero-order chi connectivity index (χ0) is 77.5. The first kappa shape index (κ1) is 87.5. The Kier molecular flexibility index (Phi) is 37.0. The summed E-state index contributed by atoms with van der Waals surface area (Å²) in [6, 6.07) is -11.9. The predicted octanol–water partition coefficient (Wildman–Crippen LogP) is -5.88. The van der Waals surface area contributed by atoms with E-state index in [0.29, 0.717) is 18.4 Å². The highest BCUT2D eigenvalue weighted by molar-refractivity contribution is 8.76. The SMILES string of the molecule is CC[C@H](C)[C@@H]1NC(=O)[C@H](CO)NC(=O)[C@H](CCCCN)NC(=O)[C@H]([C@@H](C)O)NC(=O)[C@@H](NC(=O)[C@H](CCCN=C(N)N)NC(=O)CN)CSSC[C@@H](C(=O)N[C@@H](Cc2ccccc2)C(=O)N2CCC[C@H]2C(=O)N[C@@H](CC(=O)O)C(=O)O)NC(=O)[C@H]([C@@H](C)CC)NC(=O)[C@@H]2CCCN2C(=O)[C@H](C)NC1=O. The molecule has 3 heterocycles. The number of nitrogens with two attached hydrogens (primary N) is 4. The summed E-state index contributed by atoms with van der Waals surface area (Å²) in [6.07, 6.45) is -1.51. The molecule has 580 valence electrons. The van der Waals surface area contributed by atoms with Gasteiger partial charge in [-0.1, -0.05) is 92.5 Å². The van der Waals surface area contributed by atoms with E-state index in [1.165, 1.54) is 11.8 Å². The van der Waals surface area contributed by atoms with Crippen LogP contribution in [0.1, 0.15) is 124 Å². The van der Waals surface area contributed by atoms with Crippen molar-refractivity contribution in [3.8, 4) is 0 Å². The largest absolute Gasteiger partial charge is 0.481 e. The Morgan fingerprint density at radius 3 is 1.85 bits per heavy atom. The minimum atomic E-state index is -1.93. The first-order valence-electron chi connectivity index (χ1n) is 34.7. The molecule has 23 N–H and O–H groups in total. The van der Waals surface area contributed by atoms with Crippen molar-refractivity contribution >= 4 is 116 Å². The van der Waals surface area contributed by atoms with Gasteiger partial charge in [-0.2, -0.15) is 0 Å². The summed E-state index contributed by atoms with van der Waals surface area (Å²) in [7, 11) is 1.63. The fraction of sp³-hybridized carbons (Fsp3) is 0.662. The molecule has 0 saturated carbocycles. The minimum Gasteiger partial charge on any atom is -0.481 e. The molecule has 0 spiro atoms. The second-order valence-corrected chi connectivity index (χ2v) is 28.4. The molecule has 3 aliphatic heterocycles. The number of aliphatic hydroxyl groups is 2. The Morgan fingerprint density at radius 2 is 1.25 bits per heavy atom. The molecule has 13 amide bonds. The lowest BCUT2D eigenvalue weighted by molar-refractivity contribution is -0.148. The average molecular weight is 1510 g/mol. The van der Waals surface area contributed by atoms with Crippen LogP contribution in [0.15, 0.2) is 35.3 Å². The number of aliphatic carboxylic acids is 2. The highest BCUT2D eigenvalue weighted by Gasteiger charge is 2.44. The van der Waals surface area contributed by atoms with Crippen molar-refractivity contribution in [2.24, 2.45) is 39.8 Å². The molecule has 3 saturated heterocycles.